The number of nitrogen functional groups attached to an aromatic ring is 1. The molecule has 0 saturated carbocycles. The van der Waals surface area contributed by atoms with E-state index in [4.69, 9.17) is 17.3 Å². The van der Waals surface area contributed by atoms with Gasteiger partial charge in [-0.2, -0.15) is 0 Å². The van der Waals surface area contributed by atoms with E-state index in [0.29, 0.717) is 22.7 Å². The highest BCUT2D eigenvalue weighted by Crippen LogP contribution is 2.29. The Hall–Kier alpha value is -3.38. The molecule has 6 nitrogen and oxygen atoms in total. The third kappa shape index (κ3) is 4.25. The summed E-state index contributed by atoms with van der Waals surface area (Å²) in [6.07, 6.45) is 1.98. The van der Waals surface area contributed by atoms with Gasteiger partial charge in [-0.25, -0.2) is 0 Å². The fourth-order valence-corrected chi connectivity index (χ4v) is 4.09. The summed E-state index contributed by atoms with van der Waals surface area (Å²) >= 11 is 6.11. The number of halogens is 1. The third-order valence-electron chi connectivity index (χ3n) is 5.54. The van der Waals surface area contributed by atoms with Gasteiger partial charge in [0.05, 0.1) is 11.3 Å². The number of hydrogen-bond donors (Lipinski definition) is 2. The van der Waals surface area contributed by atoms with Crippen molar-refractivity contribution in [3.05, 3.63) is 87.7 Å². The molecule has 1 atom stereocenters. The van der Waals surface area contributed by atoms with Gasteiger partial charge in [0.2, 0.25) is 5.91 Å². The highest BCUT2D eigenvalue weighted by Gasteiger charge is 2.36. The molecule has 0 radical (unpaired) electrons. The average molecular weight is 435 g/mol. The van der Waals surface area contributed by atoms with Gasteiger partial charge in [0.15, 0.2) is 0 Å². The Bertz CT molecular complexity index is 1140. The van der Waals surface area contributed by atoms with Crippen LogP contribution in [0.3, 0.4) is 0 Å². The second kappa shape index (κ2) is 8.40. The molecule has 0 spiro atoms. The number of rotatable bonds is 4. The Kier molecular flexibility index (Phi) is 5.65. The first-order valence-corrected chi connectivity index (χ1v) is 10.4. The molecule has 2 aromatic carbocycles. The van der Waals surface area contributed by atoms with Crippen molar-refractivity contribution in [2.75, 3.05) is 11.1 Å². The molecule has 7 heteroatoms. The van der Waals surface area contributed by atoms with Gasteiger partial charge in [0.25, 0.3) is 5.91 Å². The second-order valence-corrected chi connectivity index (χ2v) is 8.23. The number of amides is 2. The second-order valence-electron chi connectivity index (χ2n) is 7.80. The number of pyridine rings is 1. The molecule has 2 heterocycles. The summed E-state index contributed by atoms with van der Waals surface area (Å²) in [5.41, 5.74) is 11.2. The van der Waals surface area contributed by atoms with E-state index in [-0.39, 0.29) is 18.4 Å². The molecule has 2 amide bonds. The summed E-state index contributed by atoms with van der Waals surface area (Å²) in [5, 5.41) is 3.33. The maximum atomic E-state index is 13.6. The summed E-state index contributed by atoms with van der Waals surface area (Å²) < 4.78 is 0. The lowest BCUT2D eigenvalue weighted by molar-refractivity contribution is -0.120. The Morgan fingerprint density at radius 2 is 1.84 bits per heavy atom. The monoisotopic (exact) mass is 434 g/mol. The molecule has 0 aliphatic carbocycles. The molecule has 0 fully saturated rings. The van der Waals surface area contributed by atoms with Crippen molar-refractivity contribution in [2.45, 2.75) is 32.9 Å². The molecule has 1 aromatic heterocycles. The number of nitrogens with zero attached hydrogens (tertiary/aromatic N) is 2. The van der Waals surface area contributed by atoms with Crippen LogP contribution in [0.4, 0.5) is 11.4 Å². The van der Waals surface area contributed by atoms with Crippen LogP contribution in [-0.4, -0.2) is 27.7 Å². The van der Waals surface area contributed by atoms with E-state index in [2.05, 4.69) is 10.3 Å². The van der Waals surface area contributed by atoms with Crippen molar-refractivity contribution in [3.63, 3.8) is 0 Å². The van der Waals surface area contributed by atoms with Crippen LogP contribution < -0.4 is 11.1 Å². The number of nitrogens with two attached hydrogens (primary N) is 1. The third-order valence-corrected chi connectivity index (χ3v) is 5.78. The van der Waals surface area contributed by atoms with Crippen molar-refractivity contribution >= 4 is 34.8 Å². The Morgan fingerprint density at radius 1 is 1.10 bits per heavy atom. The Balaban J connectivity index is 1.78. The largest absolute Gasteiger partial charge is 0.398 e. The van der Waals surface area contributed by atoms with Crippen LogP contribution in [0.1, 0.15) is 32.7 Å². The minimum absolute atomic E-state index is 0.238. The van der Waals surface area contributed by atoms with Crippen molar-refractivity contribution in [1.29, 1.82) is 0 Å². The Morgan fingerprint density at radius 3 is 2.52 bits per heavy atom. The van der Waals surface area contributed by atoms with E-state index in [1.165, 1.54) is 0 Å². The van der Waals surface area contributed by atoms with Crippen LogP contribution >= 0.6 is 11.6 Å². The zero-order valence-electron chi connectivity index (χ0n) is 17.4. The van der Waals surface area contributed by atoms with Crippen LogP contribution in [0.2, 0.25) is 5.02 Å². The SMILES string of the molecule is Cc1cc(CN2C(=O)c3ccc(Cl)cc3NC(=O)[C@H]2Cc2ccccn2)cc(C)c1N. The normalized spacial score (nSPS) is 16.0. The molecule has 0 saturated heterocycles. The first-order chi connectivity index (χ1) is 14.8. The predicted molar refractivity (Wildman–Crippen MR) is 122 cm³/mol. The molecule has 0 bridgehead atoms. The van der Waals surface area contributed by atoms with Crippen LogP contribution in [-0.2, 0) is 17.8 Å². The Labute approximate surface area is 186 Å². The lowest BCUT2D eigenvalue weighted by Crippen LogP contribution is -2.46. The van der Waals surface area contributed by atoms with Crippen LogP contribution in [0.15, 0.2) is 54.7 Å². The zero-order chi connectivity index (χ0) is 22.1. The van der Waals surface area contributed by atoms with Gasteiger partial charge in [-0.05, 0) is 60.9 Å². The van der Waals surface area contributed by atoms with Gasteiger partial charge in [-0.15, -0.1) is 0 Å². The zero-order valence-corrected chi connectivity index (χ0v) is 18.1. The molecule has 31 heavy (non-hydrogen) atoms. The number of aryl methyl sites for hydroxylation is 2. The van der Waals surface area contributed by atoms with Crippen LogP contribution in [0.5, 0.6) is 0 Å². The summed E-state index contributed by atoms with van der Waals surface area (Å²) in [6.45, 7) is 4.14. The maximum absolute atomic E-state index is 13.6. The van der Waals surface area contributed by atoms with Gasteiger partial charge in [0, 0.05) is 35.6 Å². The smallest absolute Gasteiger partial charge is 0.256 e. The molecule has 4 rings (SSSR count). The molecular formula is C24H23ClN4O2. The van der Waals surface area contributed by atoms with Crippen LogP contribution in [0.25, 0.3) is 0 Å². The van der Waals surface area contributed by atoms with Crippen molar-refractivity contribution in [2.24, 2.45) is 0 Å². The summed E-state index contributed by atoms with van der Waals surface area (Å²) in [7, 11) is 0. The minimum Gasteiger partial charge on any atom is -0.398 e. The van der Waals surface area contributed by atoms with Gasteiger partial charge in [-0.3, -0.25) is 14.6 Å². The summed E-state index contributed by atoms with van der Waals surface area (Å²) in [6, 6.07) is 13.6. The van der Waals surface area contributed by atoms with E-state index in [9.17, 15) is 9.59 Å². The lowest BCUT2D eigenvalue weighted by Gasteiger charge is -2.29. The lowest BCUT2D eigenvalue weighted by atomic mass is 10.0. The van der Waals surface area contributed by atoms with E-state index in [1.807, 2.05) is 44.2 Å². The van der Waals surface area contributed by atoms with E-state index in [1.54, 1.807) is 29.3 Å². The summed E-state index contributed by atoms with van der Waals surface area (Å²) in [5.74, 6) is -0.512. The molecule has 0 unspecified atom stereocenters. The van der Waals surface area contributed by atoms with E-state index >= 15 is 0 Å². The fraction of sp³-hybridized carbons (Fsp3) is 0.208. The molecule has 1 aliphatic rings. The quantitative estimate of drug-likeness (QED) is 0.604. The highest BCUT2D eigenvalue weighted by atomic mass is 35.5. The van der Waals surface area contributed by atoms with Crippen molar-refractivity contribution in [1.82, 2.24) is 9.88 Å². The number of nitrogens with one attached hydrogen (secondary N) is 1. The van der Waals surface area contributed by atoms with E-state index < -0.39 is 6.04 Å². The van der Waals surface area contributed by atoms with E-state index in [0.717, 1.165) is 28.1 Å². The first kappa shape index (κ1) is 20.9. The number of anilines is 2. The average Bonchev–Trinajstić information content (AvgIpc) is 2.82. The molecule has 1 aliphatic heterocycles. The number of carbonyl (C=O) groups is 2. The highest BCUT2D eigenvalue weighted by molar-refractivity contribution is 6.31. The topological polar surface area (TPSA) is 88.3 Å². The minimum atomic E-state index is -0.730. The number of aromatic nitrogens is 1. The maximum Gasteiger partial charge on any atom is 0.256 e. The molecule has 3 N–H and O–H groups in total. The standard InChI is InChI=1S/C24H23ClN4O2/c1-14-9-16(10-15(2)22(14)26)13-29-21(12-18-5-3-4-8-27-18)23(30)28-20-11-17(25)6-7-19(20)24(29)31/h3-11,21H,12-13,26H2,1-2H3,(H,28,30)/t21-/m1/s1. The fourth-order valence-electron chi connectivity index (χ4n) is 3.91. The van der Waals surface area contributed by atoms with Gasteiger partial charge >= 0.3 is 0 Å². The summed E-state index contributed by atoms with van der Waals surface area (Å²) in [4.78, 5) is 32.8. The number of hydrogen-bond acceptors (Lipinski definition) is 4. The molecular weight excluding hydrogens is 412 g/mol. The van der Waals surface area contributed by atoms with Crippen molar-refractivity contribution in [3.8, 4) is 0 Å². The van der Waals surface area contributed by atoms with Gasteiger partial charge in [-0.1, -0.05) is 29.8 Å². The number of fused-ring (bicyclic) bond motifs is 1. The number of carbonyl (C=O) groups excluding carboxylic acids is 2. The molecule has 3 aromatic rings. The van der Waals surface area contributed by atoms with Gasteiger partial charge in [0.1, 0.15) is 6.04 Å². The predicted octanol–water partition coefficient (Wildman–Crippen LogP) is 4.14. The first-order valence-electron chi connectivity index (χ1n) is 10.0. The van der Waals surface area contributed by atoms with Crippen LogP contribution in [0, 0.1) is 13.8 Å². The number of benzene rings is 2. The van der Waals surface area contributed by atoms with Crippen molar-refractivity contribution < 1.29 is 9.59 Å². The molecule has 158 valence electrons. The van der Waals surface area contributed by atoms with Gasteiger partial charge < -0.3 is 16.0 Å².